The number of rotatable bonds is 4. The number of carbonyl (C=O) groups is 1. The second-order valence-corrected chi connectivity index (χ2v) is 6.85. The van der Waals surface area contributed by atoms with Gasteiger partial charge in [0.2, 0.25) is 0 Å². The molecule has 2 aliphatic heterocycles. The average Bonchev–Trinajstić information content (AvgIpc) is 2.88. The van der Waals surface area contributed by atoms with E-state index in [0.29, 0.717) is 17.5 Å². The molecule has 2 saturated heterocycles. The molecule has 3 rings (SSSR count). The average molecular weight is 266 g/mol. The minimum atomic E-state index is 0.0306. The molecule has 0 aromatic heterocycles. The van der Waals surface area contributed by atoms with Crippen molar-refractivity contribution in [2.75, 3.05) is 32.7 Å². The molecule has 2 atom stereocenters. The number of amides is 2. The summed E-state index contributed by atoms with van der Waals surface area (Å²) in [6.07, 6.45) is 4.65. The molecule has 2 amide bonds. The molecule has 3 fully saturated rings. The maximum Gasteiger partial charge on any atom is 0.315 e. The molecule has 5 nitrogen and oxygen atoms in total. The van der Waals surface area contributed by atoms with Gasteiger partial charge in [0.1, 0.15) is 0 Å². The Morgan fingerprint density at radius 1 is 1.32 bits per heavy atom. The van der Waals surface area contributed by atoms with Gasteiger partial charge < -0.3 is 20.9 Å². The second kappa shape index (κ2) is 5.29. The summed E-state index contributed by atoms with van der Waals surface area (Å²) < 4.78 is 0. The van der Waals surface area contributed by atoms with E-state index in [1.165, 1.54) is 6.42 Å². The van der Waals surface area contributed by atoms with Crippen molar-refractivity contribution >= 4 is 6.03 Å². The third-order valence-electron chi connectivity index (χ3n) is 4.58. The van der Waals surface area contributed by atoms with Crippen LogP contribution in [0.2, 0.25) is 0 Å². The number of hydrogen-bond acceptors (Lipinski definition) is 3. The van der Waals surface area contributed by atoms with Gasteiger partial charge in [-0.15, -0.1) is 0 Å². The molecule has 2 heterocycles. The Kier molecular flexibility index (Phi) is 3.67. The van der Waals surface area contributed by atoms with Crippen LogP contribution in [0.5, 0.6) is 0 Å². The predicted molar refractivity (Wildman–Crippen MR) is 75.1 cm³/mol. The van der Waals surface area contributed by atoms with Gasteiger partial charge in [-0.25, -0.2) is 4.79 Å². The van der Waals surface area contributed by atoms with Crippen LogP contribution in [0.15, 0.2) is 0 Å². The number of nitrogens with one attached hydrogen (secondary N) is 3. The molecule has 5 heteroatoms. The van der Waals surface area contributed by atoms with E-state index in [1.54, 1.807) is 0 Å². The van der Waals surface area contributed by atoms with Gasteiger partial charge in [0.15, 0.2) is 0 Å². The lowest BCUT2D eigenvalue weighted by atomic mass is 9.89. The van der Waals surface area contributed by atoms with Gasteiger partial charge in [0.25, 0.3) is 0 Å². The summed E-state index contributed by atoms with van der Waals surface area (Å²) in [7, 11) is 0. The first-order valence-electron chi connectivity index (χ1n) is 7.63. The van der Waals surface area contributed by atoms with Gasteiger partial charge in [-0.3, -0.25) is 0 Å². The van der Waals surface area contributed by atoms with Crippen LogP contribution in [0.25, 0.3) is 0 Å². The Morgan fingerprint density at radius 3 is 2.79 bits per heavy atom. The lowest BCUT2D eigenvalue weighted by molar-refractivity contribution is 0.204. The summed E-state index contributed by atoms with van der Waals surface area (Å²) in [5.74, 6) is 0. The van der Waals surface area contributed by atoms with E-state index in [0.717, 1.165) is 52.0 Å². The normalized spacial score (nSPS) is 35.5. The Bertz CT molecular complexity index is 336. The molecule has 0 aromatic carbocycles. The molecule has 1 saturated carbocycles. The van der Waals surface area contributed by atoms with Gasteiger partial charge in [-0.1, -0.05) is 6.92 Å². The maximum atomic E-state index is 11.7. The Balaban J connectivity index is 1.40. The fourth-order valence-electron chi connectivity index (χ4n) is 3.28. The molecule has 3 N–H and O–H groups in total. The van der Waals surface area contributed by atoms with Crippen LogP contribution in [-0.2, 0) is 0 Å². The number of nitrogens with zero attached hydrogens (tertiary/aromatic N) is 1. The topological polar surface area (TPSA) is 56.4 Å². The van der Waals surface area contributed by atoms with Crippen molar-refractivity contribution in [2.45, 2.75) is 44.7 Å². The summed E-state index contributed by atoms with van der Waals surface area (Å²) in [5.41, 5.74) is 0.422. The van der Waals surface area contributed by atoms with E-state index in [4.69, 9.17) is 0 Å². The highest BCUT2D eigenvalue weighted by atomic mass is 16.2. The first kappa shape index (κ1) is 13.2. The van der Waals surface area contributed by atoms with Gasteiger partial charge in [0, 0.05) is 38.3 Å². The van der Waals surface area contributed by atoms with Gasteiger partial charge in [-0.05, 0) is 37.6 Å². The highest BCUT2D eigenvalue weighted by molar-refractivity contribution is 5.74. The quantitative estimate of drug-likeness (QED) is 0.695. The Morgan fingerprint density at radius 2 is 2.11 bits per heavy atom. The van der Waals surface area contributed by atoms with Crippen LogP contribution >= 0.6 is 0 Å². The first-order chi connectivity index (χ1) is 9.13. The van der Waals surface area contributed by atoms with Crippen molar-refractivity contribution in [3.05, 3.63) is 0 Å². The zero-order valence-electron chi connectivity index (χ0n) is 11.9. The molecule has 19 heavy (non-hydrogen) atoms. The molecule has 0 aromatic rings. The molecule has 1 aliphatic carbocycles. The minimum Gasteiger partial charge on any atom is -0.335 e. The van der Waals surface area contributed by atoms with Crippen LogP contribution in [0.1, 0.15) is 32.6 Å². The van der Waals surface area contributed by atoms with Crippen LogP contribution < -0.4 is 16.0 Å². The van der Waals surface area contributed by atoms with E-state index in [2.05, 4.69) is 27.8 Å². The van der Waals surface area contributed by atoms with Crippen LogP contribution in [0, 0.1) is 5.41 Å². The zero-order valence-corrected chi connectivity index (χ0v) is 11.9. The van der Waals surface area contributed by atoms with E-state index < -0.39 is 0 Å². The monoisotopic (exact) mass is 266 g/mol. The second-order valence-electron chi connectivity index (χ2n) is 6.85. The molecule has 0 bridgehead atoms. The van der Waals surface area contributed by atoms with Gasteiger partial charge in [-0.2, -0.15) is 0 Å². The Hall–Kier alpha value is -0.810. The van der Waals surface area contributed by atoms with Crippen LogP contribution in [-0.4, -0.2) is 55.7 Å². The smallest absolute Gasteiger partial charge is 0.315 e. The highest BCUT2D eigenvalue weighted by Crippen LogP contribution is 2.27. The molecule has 0 spiro atoms. The van der Waals surface area contributed by atoms with Crippen molar-refractivity contribution in [1.29, 1.82) is 0 Å². The Labute approximate surface area is 115 Å². The van der Waals surface area contributed by atoms with Crippen LogP contribution in [0.3, 0.4) is 0 Å². The van der Waals surface area contributed by atoms with Crippen molar-refractivity contribution < 1.29 is 4.79 Å². The van der Waals surface area contributed by atoms with Gasteiger partial charge in [0.05, 0.1) is 0 Å². The minimum absolute atomic E-state index is 0.0306. The van der Waals surface area contributed by atoms with E-state index in [1.807, 2.05) is 0 Å². The molecular weight excluding hydrogens is 240 g/mol. The van der Waals surface area contributed by atoms with E-state index in [-0.39, 0.29) is 6.03 Å². The molecule has 108 valence electrons. The SMILES string of the molecule is CC1(CN2CCC(NC(=O)NC3CC3)C2)CCNC1. The summed E-state index contributed by atoms with van der Waals surface area (Å²) in [4.78, 5) is 14.2. The van der Waals surface area contributed by atoms with Crippen molar-refractivity contribution in [3.8, 4) is 0 Å². The predicted octanol–water partition coefficient (Wildman–Crippen LogP) is 0.522. The fraction of sp³-hybridized carbons (Fsp3) is 0.929. The summed E-state index contributed by atoms with van der Waals surface area (Å²) >= 11 is 0. The summed E-state index contributed by atoms with van der Waals surface area (Å²) in [6, 6.07) is 0.806. The number of carbonyl (C=O) groups excluding carboxylic acids is 1. The molecular formula is C14H26N4O. The lowest BCUT2D eigenvalue weighted by Crippen LogP contribution is -2.45. The maximum absolute atomic E-state index is 11.7. The molecule has 2 unspecified atom stereocenters. The third kappa shape index (κ3) is 3.60. The highest BCUT2D eigenvalue weighted by Gasteiger charge is 2.34. The van der Waals surface area contributed by atoms with Crippen LogP contribution in [0.4, 0.5) is 4.79 Å². The number of hydrogen-bond donors (Lipinski definition) is 3. The number of likely N-dealkylation sites (tertiary alicyclic amines) is 1. The van der Waals surface area contributed by atoms with Gasteiger partial charge >= 0.3 is 6.03 Å². The summed E-state index contributed by atoms with van der Waals surface area (Å²) in [5, 5.41) is 9.56. The third-order valence-corrected chi connectivity index (χ3v) is 4.58. The molecule has 0 radical (unpaired) electrons. The summed E-state index contributed by atoms with van der Waals surface area (Å²) in [6.45, 7) is 7.92. The van der Waals surface area contributed by atoms with Crippen molar-refractivity contribution in [2.24, 2.45) is 5.41 Å². The zero-order chi connectivity index (χ0) is 13.3. The lowest BCUT2D eigenvalue weighted by Gasteiger charge is -2.29. The largest absolute Gasteiger partial charge is 0.335 e. The molecule has 3 aliphatic rings. The van der Waals surface area contributed by atoms with E-state index >= 15 is 0 Å². The standard InChI is InChI=1S/C14H26N4O/c1-14(5-6-15-9-14)10-18-7-4-12(8-18)17-13(19)16-11-2-3-11/h11-12,15H,2-10H2,1H3,(H2,16,17,19). The fourth-order valence-corrected chi connectivity index (χ4v) is 3.28. The van der Waals surface area contributed by atoms with Crippen molar-refractivity contribution in [1.82, 2.24) is 20.9 Å². The van der Waals surface area contributed by atoms with Crippen molar-refractivity contribution in [3.63, 3.8) is 0 Å². The first-order valence-corrected chi connectivity index (χ1v) is 7.63. The van der Waals surface area contributed by atoms with E-state index in [9.17, 15) is 4.79 Å². The number of urea groups is 1.